The fraction of sp³-hybridized carbons (Fsp3) is 0.810. The number of aliphatic hydroxyl groups is 3. The number of amides is 2. The van der Waals surface area contributed by atoms with Crippen molar-refractivity contribution in [1.29, 1.82) is 0 Å². The standard InChI is InChI=1S/C42H74N2O7/c1-3-5-7-9-11-13-14-15-16-17-18-19-20-22-27-31-37(46)44(32-28-23-21-12-10-8-6-4-2)41-38(40(48)39(47)36(33-45)51-41)43-42(49)50-34-35-29-25-24-26-30-35/h24-26,29-30,36,38-41,45,47-48H,3-23,27-28,31-34H2,1-2H3,(H,43,49)/t36-,38-,39-,40-,41-/m1/s1. The minimum Gasteiger partial charge on any atom is -0.445 e. The van der Waals surface area contributed by atoms with Crippen LogP contribution in [0.5, 0.6) is 0 Å². The molecule has 0 spiro atoms. The second kappa shape index (κ2) is 29.3. The molecule has 51 heavy (non-hydrogen) atoms. The van der Waals surface area contributed by atoms with Crippen LogP contribution in [0.1, 0.15) is 174 Å². The molecule has 0 aliphatic carbocycles. The van der Waals surface area contributed by atoms with Crippen molar-refractivity contribution in [3.63, 3.8) is 0 Å². The predicted molar refractivity (Wildman–Crippen MR) is 205 cm³/mol. The zero-order valence-electron chi connectivity index (χ0n) is 32.3. The lowest BCUT2D eigenvalue weighted by atomic mass is 9.95. The first-order valence-electron chi connectivity index (χ1n) is 20.8. The third kappa shape index (κ3) is 19.4. The van der Waals surface area contributed by atoms with E-state index in [1.54, 1.807) is 4.90 Å². The number of ether oxygens (including phenoxy) is 2. The van der Waals surface area contributed by atoms with Crippen LogP contribution in [0.2, 0.25) is 0 Å². The van der Waals surface area contributed by atoms with Crippen LogP contribution in [0.3, 0.4) is 0 Å². The molecule has 1 saturated heterocycles. The number of benzene rings is 1. The first-order valence-corrected chi connectivity index (χ1v) is 20.8. The van der Waals surface area contributed by atoms with Crippen LogP contribution in [0, 0.1) is 0 Å². The molecular formula is C42H74N2O7. The van der Waals surface area contributed by atoms with E-state index in [0.29, 0.717) is 13.0 Å². The van der Waals surface area contributed by atoms with E-state index in [1.165, 1.54) is 103 Å². The number of nitrogens with one attached hydrogen (secondary N) is 1. The lowest BCUT2D eigenvalue weighted by Crippen LogP contribution is -2.68. The van der Waals surface area contributed by atoms with E-state index in [-0.39, 0.29) is 12.5 Å². The number of rotatable bonds is 30. The number of alkyl carbamates (subject to hydrolysis) is 1. The highest BCUT2D eigenvalue weighted by Gasteiger charge is 2.48. The maximum Gasteiger partial charge on any atom is 0.407 e. The Labute approximate surface area is 310 Å². The fourth-order valence-electron chi connectivity index (χ4n) is 7.02. The molecule has 0 radical (unpaired) electrons. The van der Waals surface area contributed by atoms with Crippen molar-refractivity contribution in [2.45, 2.75) is 205 Å². The van der Waals surface area contributed by atoms with Gasteiger partial charge in [0, 0.05) is 13.0 Å². The number of unbranched alkanes of at least 4 members (excludes halogenated alkanes) is 21. The highest BCUT2D eigenvalue weighted by atomic mass is 16.6. The monoisotopic (exact) mass is 719 g/mol. The third-order valence-corrected chi connectivity index (χ3v) is 10.3. The molecule has 1 aromatic carbocycles. The van der Waals surface area contributed by atoms with Gasteiger partial charge in [0.05, 0.1) is 6.61 Å². The molecule has 2 rings (SSSR count). The molecule has 1 aliphatic heterocycles. The summed E-state index contributed by atoms with van der Waals surface area (Å²) in [5, 5.41) is 34.5. The van der Waals surface area contributed by atoms with E-state index < -0.39 is 43.3 Å². The third-order valence-electron chi connectivity index (χ3n) is 10.3. The molecule has 2 amide bonds. The summed E-state index contributed by atoms with van der Waals surface area (Å²) in [6.45, 7) is 4.37. The molecule has 1 heterocycles. The van der Waals surface area contributed by atoms with Gasteiger partial charge in [-0.15, -0.1) is 0 Å². The number of nitrogens with zero attached hydrogens (tertiary/aromatic N) is 1. The van der Waals surface area contributed by atoms with Crippen LogP contribution in [-0.2, 0) is 20.9 Å². The second-order valence-corrected chi connectivity index (χ2v) is 14.7. The molecule has 0 aromatic heterocycles. The summed E-state index contributed by atoms with van der Waals surface area (Å²) in [4.78, 5) is 28.4. The molecule has 5 atom stereocenters. The average Bonchev–Trinajstić information content (AvgIpc) is 3.14. The summed E-state index contributed by atoms with van der Waals surface area (Å²) in [6.07, 6.45) is 22.1. The van der Waals surface area contributed by atoms with E-state index in [0.717, 1.165) is 50.5 Å². The number of carbonyl (C=O) groups excluding carboxylic acids is 2. The quantitative estimate of drug-likeness (QED) is 0.0585. The maximum atomic E-state index is 13.8. The van der Waals surface area contributed by atoms with E-state index in [9.17, 15) is 24.9 Å². The Morgan fingerprint density at radius 3 is 1.65 bits per heavy atom. The average molecular weight is 719 g/mol. The van der Waals surface area contributed by atoms with E-state index in [4.69, 9.17) is 9.47 Å². The predicted octanol–water partition coefficient (Wildman–Crippen LogP) is 8.95. The largest absolute Gasteiger partial charge is 0.445 e. The van der Waals surface area contributed by atoms with Gasteiger partial charge in [0.2, 0.25) is 5.91 Å². The zero-order valence-corrected chi connectivity index (χ0v) is 32.3. The van der Waals surface area contributed by atoms with Gasteiger partial charge in [0.25, 0.3) is 0 Å². The highest BCUT2D eigenvalue weighted by molar-refractivity contribution is 5.76. The van der Waals surface area contributed by atoms with Crippen LogP contribution in [0.25, 0.3) is 0 Å². The lowest BCUT2D eigenvalue weighted by molar-refractivity contribution is -0.230. The van der Waals surface area contributed by atoms with Crippen LogP contribution in [-0.4, -0.2) is 76.0 Å². The molecule has 9 heteroatoms. The molecule has 1 aliphatic rings. The van der Waals surface area contributed by atoms with Crippen molar-refractivity contribution in [2.75, 3.05) is 13.2 Å². The number of hydrogen-bond acceptors (Lipinski definition) is 7. The normalized spacial score (nSPS) is 20.3. The Kier molecular flexibility index (Phi) is 25.8. The van der Waals surface area contributed by atoms with Crippen molar-refractivity contribution in [2.24, 2.45) is 0 Å². The Bertz CT molecular complexity index is 997. The molecule has 0 saturated carbocycles. The lowest BCUT2D eigenvalue weighted by Gasteiger charge is -2.46. The van der Waals surface area contributed by atoms with Gasteiger partial charge < -0.3 is 35.0 Å². The van der Waals surface area contributed by atoms with E-state index >= 15 is 0 Å². The van der Waals surface area contributed by atoms with Crippen LogP contribution < -0.4 is 5.32 Å². The number of aliphatic hydroxyl groups excluding tert-OH is 3. The van der Waals surface area contributed by atoms with E-state index in [1.807, 2.05) is 30.3 Å². The highest BCUT2D eigenvalue weighted by Crippen LogP contribution is 2.26. The van der Waals surface area contributed by atoms with Gasteiger partial charge in [-0.3, -0.25) is 4.79 Å². The summed E-state index contributed by atoms with van der Waals surface area (Å²) >= 11 is 0. The Morgan fingerprint density at radius 1 is 0.686 bits per heavy atom. The Morgan fingerprint density at radius 2 is 1.16 bits per heavy atom. The summed E-state index contributed by atoms with van der Waals surface area (Å²) < 4.78 is 11.5. The molecular weight excluding hydrogens is 644 g/mol. The van der Waals surface area contributed by atoms with Gasteiger partial charge >= 0.3 is 6.09 Å². The molecule has 0 unspecified atom stereocenters. The minimum atomic E-state index is -1.47. The minimum absolute atomic E-state index is 0.0307. The molecule has 0 bridgehead atoms. The maximum absolute atomic E-state index is 13.8. The van der Waals surface area contributed by atoms with Crippen molar-refractivity contribution in [3.05, 3.63) is 35.9 Å². The molecule has 4 N–H and O–H groups in total. The summed E-state index contributed by atoms with van der Waals surface area (Å²) in [5.41, 5.74) is 0.806. The van der Waals surface area contributed by atoms with Gasteiger partial charge in [-0.25, -0.2) is 4.79 Å². The number of carbonyl (C=O) groups is 2. The smallest absolute Gasteiger partial charge is 0.407 e. The van der Waals surface area contributed by atoms with Crippen molar-refractivity contribution < 1.29 is 34.4 Å². The van der Waals surface area contributed by atoms with Crippen LogP contribution >= 0.6 is 0 Å². The second-order valence-electron chi connectivity index (χ2n) is 14.7. The van der Waals surface area contributed by atoms with Gasteiger partial charge in [-0.1, -0.05) is 179 Å². The molecule has 1 fully saturated rings. The van der Waals surface area contributed by atoms with Gasteiger partial charge in [0.1, 0.15) is 31.0 Å². The van der Waals surface area contributed by atoms with Crippen molar-refractivity contribution in [1.82, 2.24) is 10.2 Å². The molecule has 9 nitrogen and oxygen atoms in total. The fourth-order valence-corrected chi connectivity index (χ4v) is 7.02. The summed E-state index contributed by atoms with van der Waals surface area (Å²) in [5.74, 6) is -0.109. The van der Waals surface area contributed by atoms with Gasteiger partial charge in [-0.05, 0) is 18.4 Å². The first-order chi connectivity index (χ1) is 24.9. The molecule has 294 valence electrons. The summed E-state index contributed by atoms with van der Waals surface area (Å²) in [6, 6.07) is 8.12. The van der Waals surface area contributed by atoms with Crippen molar-refractivity contribution in [3.8, 4) is 0 Å². The van der Waals surface area contributed by atoms with Crippen LogP contribution in [0.4, 0.5) is 4.79 Å². The Hall–Kier alpha value is -2.20. The zero-order chi connectivity index (χ0) is 36.9. The SMILES string of the molecule is CCCCCCCCCCCCCCCCCC(=O)N(CCCCCCCCCC)[C@@H]1O[C@H](CO)[C@@H](O)[C@H](O)[C@H]1NC(=O)OCc1ccccc1. The first kappa shape index (κ1) is 45.0. The summed E-state index contributed by atoms with van der Waals surface area (Å²) in [7, 11) is 0. The topological polar surface area (TPSA) is 129 Å². The van der Waals surface area contributed by atoms with Gasteiger partial charge in [0.15, 0.2) is 6.23 Å². The number of hydrogen-bond donors (Lipinski definition) is 4. The van der Waals surface area contributed by atoms with Gasteiger partial charge in [-0.2, -0.15) is 0 Å². The molecule has 1 aromatic rings. The van der Waals surface area contributed by atoms with Crippen molar-refractivity contribution >= 4 is 12.0 Å². The van der Waals surface area contributed by atoms with Crippen LogP contribution in [0.15, 0.2) is 30.3 Å². The Balaban J connectivity index is 1.91. The van der Waals surface area contributed by atoms with E-state index in [2.05, 4.69) is 19.2 Å².